The third-order valence-corrected chi connectivity index (χ3v) is 3.08. The molecule has 0 aromatic carbocycles. The smallest absolute Gasteiger partial charge is 0.232 e. The van der Waals surface area contributed by atoms with Gasteiger partial charge >= 0.3 is 0 Å². The van der Waals surface area contributed by atoms with Crippen LogP contribution in [0.3, 0.4) is 0 Å². The number of alkyl halides is 1. The third-order valence-electron chi connectivity index (χ3n) is 2.41. The molecule has 0 saturated heterocycles. The van der Waals surface area contributed by atoms with E-state index in [0.717, 1.165) is 5.69 Å². The quantitative estimate of drug-likeness (QED) is 0.799. The van der Waals surface area contributed by atoms with Crippen LogP contribution in [-0.2, 0) is 4.79 Å². The number of aromatic nitrogens is 2. The summed E-state index contributed by atoms with van der Waals surface area (Å²) in [5.74, 6) is 1.07. The zero-order valence-electron chi connectivity index (χ0n) is 10.1. The van der Waals surface area contributed by atoms with Gasteiger partial charge in [-0.15, -0.1) is 11.6 Å². The van der Waals surface area contributed by atoms with Gasteiger partial charge in [-0.3, -0.25) is 9.89 Å². The molecule has 0 atom stereocenters. The molecule has 4 nitrogen and oxygen atoms in total. The maximum absolute atomic E-state index is 11.8. The van der Waals surface area contributed by atoms with Crippen LogP contribution in [0.2, 0.25) is 0 Å². The Morgan fingerprint density at radius 2 is 2.25 bits per heavy atom. The van der Waals surface area contributed by atoms with E-state index in [2.05, 4.69) is 29.4 Å². The van der Waals surface area contributed by atoms with E-state index < -0.39 is 5.41 Å². The number of anilines is 1. The lowest BCUT2D eigenvalue weighted by molar-refractivity contribution is -0.123. The lowest BCUT2D eigenvalue weighted by atomic mass is 9.95. The fraction of sp³-hybridized carbons (Fsp3) is 0.636. The SMILES string of the molecule is CC(C)c1cc(NC(=O)C(C)(C)CCl)n[nH]1. The van der Waals surface area contributed by atoms with Crippen LogP contribution in [-0.4, -0.2) is 22.0 Å². The molecule has 0 bridgehead atoms. The van der Waals surface area contributed by atoms with E-state index >= 15 is 0 Å². The van der Waals surface area contributed by atoms with Crippen molar-refractivity contribution in [2.45, 2.75) is 33.6 Å². The summed E-state index contributed by atoms with van der Waals surface area (Å²) < 4.78 is 0. The molecular weight excluding hydrogens is 226 g/mol. The molecule has 90 valence electrons. The van der Waals surface area contributed by atoms with Crippen LogP contribution in [0.4, 0.5) is 5.82 Å². The monoisotopic (exact) mass is 243 g/mol. The van der Waals surface area contributed by atoms with Gasteiger partial charge in [-0.05, 0) is 19.8 Å². The summed E-state index contributed by atoms with van der Waals surface area (Å²) in [7, 11) is 0. The van der Waals surface area contributed by atoms with E-state index in [1.807, 2.05) is 6.07 Å². The molecule has 0 saturated carbocycles. The predicted molar refractivity (Wildman–Crippen MR) is 65.8 cm³/mol. The Bertz CT molecular complexity index is 371. The highest BCUT2D eigenvalue weighted by molar-refractivity contribution is 6.20. The number of hydrogen-bond acceptors (Lipinski definition) is 2. The molecule has 1 amide bonds. The van der Waals surface area contributed by atoms with Crippen LogP contribution in [0.25, 0.3) is 0 Å². The second-order valence-corrected chi connectivity index (χ2v) is 5.10. The van der Waals surface area contributed by atoms with Crippen LogP contribution in [0, 0.1) is 5.41 Å². The summed E-state index contributed by atoms with van der Waals surface area (Å²) in [5.41, 5.74) is 0.414. The molecule has 0 unspecified atom stereocenters. The molecule has 0 aliphatic heterocycles. The molecule has 1 rings (SSSR count). The number of halogens is 1. The standard InChI is InChI=1S/C11H18ClN3O/c1-7(2)8-5-9(15-14-8)13-10(16)11(3,4)6-12/h5,7H,6H2,1-4H3,(H2,13,14,15,16). The van der Waals surface area contributed by atoms with E-state index in [4.69, 9.17) is 11.6 Å². The van der Waals surface area contributed by atoms with E-state index in [1.165, 1.54) is 0 Å². The molecule has 1 heterocycles. The van der Waals surface area contributed by atoms with Crippen molar-refractivity contribution in [3.63, 3.8) is 0 Å². The molecule has 1 aromatic heterocycles. The topological polar surface area (TPSA) is 57.8 Å². The van der Waals surface area contributed by atoms with Gasteiger partial charge in [0.1, 0.15) is 0 Å². The maximum Gasteiger partial charge on any atom is 0.232 e. The third kappa shape index (κ3) is 2.98. The van der Waals surface area contributed by atoms with Gasteiger partial charge in [-0.1, -0.05) is 13.8 Å². The number of nitrogens with one attached hydrogen (secondary N) is 2. The van der Waals surface area contributed by atoms with E-state index in [-0.39, 0.29) is 11.8 Å². The second kappa shape index (κ2) is 4.87. The first kappa shape index (κ1) is 13.0. The van der Waals surface area contributed by atoms with Gasteiger partial charge in [0.05, 0.1) is 5.41 Å². The summed E-state index contributed by atoms with van der Waals surface area (Å²) >= 11 is 5.72. The summed E-state index contributed by atoms with van der Waals surface area (Å²) in [6.45, 7) is 7.71. The number of H-pyrrole nitrogens is 1. The summed E-state index contributed by atoms with van der Waals surface area (Å²) in [6, 6.07) is 1.84. The number of carbonyl (C=O) groups is 1. The van der Waals surface area contributed by atoms with Crippen molar-refractivity contribution < 1.29 is 4.79 Å². The summed E-state index contributed by atoms with van der Waals surface area (Å²) in [6.07, 6.45) is 0. The number of nitrogens with zero attached hydrogens (tertiary/aromatic N) is 1. The Morgan fingerprint density at radius 3 is 2.69 bits per heavy atom. The van der Waals surface area contributed by atoms with Gasteiger partial charge in [0, 0.05) is 17.6 Å². The largest absolute Gasteiger partial charge is 0.309 e. The normalized spacial score (nSPS) is 11.9. The predicted octanol–water partition coefficient (Wildman–Crippen LogP) is 2.74. The highest BCUT2D eigenvalue weighted by Crippen LogP contribution is 2.21. The second-order valence-electron chi connectivity index (χ2n) is 4.83. The van der Waals surface area contributed by atoms with Crippen molar-refractivity contribution in [3.05, 3.63) is 11.8 Å². The number of carbonyl (C=O) groups excluding carboxylic acids is 1. The Labute approximate surface area is 101 Å². The fourth-order valence-corrected chi connectivity index (χ4v) is 1.16. The van der Waals surface area contributed by atoms with Gasteiger partial charge in [0.15, 0.2) is 5.82 Å². The summed E-state index contributed by atoms with van der Waals surface area (Å²) in [4.78, 5) is 11.8. The van der Waals surface area contributed by atoms with Crippen molar-refractivity contribution in [1.82, 2.24) is 10.2 Å². The Balaban J connectivity index is 2.70. The Hall–Kier alpha value is -1.03. The van der Waals surface area contributed by atoms with Gasteiger partial charge in [0.2, 0.25) is 5.91 Å². The van der Waals surface area contributed by atoms with Gasteiger partial charge in [-0.2, -0.15) is 5.10 Å². The Kier molecular flexibility index (Phi) is 3.97. The van der Waals surface area contributed by atoms with Crippen molar-refractivity contribution in [2.75, 3.05) is 11.2 Å². The zero-order chi connectivity index (χ0) is 12.3. The first-order valence-corrected chi connectivity index (χ1v) is 5.83. The number of aromatic amines is 1. The van der Waals surface area contributed by atoms with Crippen molar-refractivity contribution in [1.29, 1.82) is 0 Å². The maximum atomic E-state index is 11.8. The van der Waals surface area contributed by atoms with Crippen LogP contribution in [0.5, 0.6) is 0 Å². The van der Waals surface area contributed by atoms with Crippen molar-refractivity contribution in [3.8, 4) is 0 Å². The summed E-state index contributed by atoms with van der Waals surface area (Å²) in [5, 5.41) is 9.65. The van der Waals surface area contributed by atoms with Crippen molar-refractivity contribution in [2.24, 2.45) is 5.41 Å². The Morgan fingerprint density at radius 1 is 1.62 bits per heavy atom. The molecule has 0 fully saturated rings. The molecule has 0 aliphatic carbocycles. The minimum absolute atomic E-state index is 0.121. The molecule has 16 heavy (non-hydrogen) atoms. The first-order chi connectivity index (χ1) is 7.36. The van der Waals surface area contributed by atoms with Crippen molar-refractivity contribution >= 4 is 23.3 Å². The highest BCUT2D eigenvalue weighted by Gasteiger charge is 2.27. The highest BCUT2D eigenvalue weighted by atomic mass is 35.5. The first-order valence-electron chi connectivity index (χ1n) is 5.29. The lowest BCUT2D eigenvalue weighted by Crippen LogP contribution is -2.32. The molecular formula is C11H18ClN3O. The number of rotatable bonds is 4. The van der Waals surface area contributed by atoms with Crippen LogP contribution < -0.4 is 5.32 Å². The van der Waals surface area contributed by atoms with E-state index in [1.54, 1.807) is 13.8 Å². The molecule has 0 aliphatic rings. The van der Waals surface area contributed by atoms with E-state index in [0.29, 0.717) is 11.7 Å². The van der Waals surface area contributed by atoms with Gasteiger partial charge in [-0.25, -0.2) is 0 Å². The van der Waals surface area contributed by atoms with Crippen LogP contribution in [0.1, 0.15) is 39.3 Å². The molecule has 2 N–H and O–H groups in total. The van der Waals surface area contributed by atoms with Crippen LogP contribution in [0.15, 0.2) is 6.07 Å². The number of amides is 1. The van der Waals surface area contributed by atoms with E-state index in [9.17, 15) is 4.79 Å². The zero-order valence-corrected chi connectivity index (χ0v) is 10.9. The van der Waals surface area contributed by atoms with Crippen LogP contribution >= 0.6 is 11.6 Å². The average Bonchev–Trinajstić information content (AvgIpc) is 2.66. The molecule has 5 heteroatoms. The fourth-order valence-electron chi connectivity index (χ4n) is 1.04. The van der Waals surface area contributed by atoms with Gasteiger partial charge < -0.3 is 5.32 Å². The number of hydrogen-bond donors (Lipinski definition) is 2. The van der Waals surface area contributed by atoms with Gasteiger partial charge in [0.25, 0.3) is 0 Å². The molecule has 0 spiro atoms. The average molecular weight is 244 g/mol. The lowest BCUT2D eigenvalue weighted by Gasteiger charge is -2.19. The minimum atomic E-state index is -0.585. The molecule has 1 aromatic rings. The molecule has 0 radical (unpaired) electrons. The minimum Gasteiger partial charge on any atom is -0.309 e.